The molecule has 112 valence electrons. The van der Waals surface area contributed by atoms with E-state index in [1.807, 2.05) is 17.5 Å². The first kappa shape index (κ1) is 14.7. The Hall–Kier alpha value is -2.18. The summed E-state index contributed by atoms with van der Waals surface area (Å²) in [5.41, 5.74) is 1.22. The number of aromatic nitrogens is 2. The van der Waals surface area contributed by atoms with Gasteiger partial charge in [0.1, 0.15) is 10.9 Å². The normalized spacial score (nSPS) is 12.5. The van der Waals surface area contributed by atoms with Crippen molar-refractivity contribution < 1.29 is 9.90 Å². The van der Waals surface area contributed by atoms with Crippen LogP contribution in [0.1, 0.15) is 13.0 Å². The van der Waals surface area contributed by atoms with E-state index in [1.165, 1.54) is 24.6 Å². The highest BCUT2D eigenvalue weighted by Crippen LogP contribution is 2.31. The third-order valence-electron chi connectivity index (χ3n) is 3.45. The van der Waals surface area contributed by atoms with Crippen molar-refractivity contribution in [1.29, 1.82) is 0 Å². The number of aliphatic carboxylic acids is 1. The molecule has 2 heterocycles. The number of fused-ring (bicyclic) bond motifs is 1. The molecule has 0 spiro atoms. The van der Waals surface area contributed by atoms with Crippen LogP contribution in [0.25, 0.3) is 21.3 Å². The van der Waals surface area contributed by atoms with Crippen molar-refractivity contribution >= 4 is 39.1 Å². The van der Waals surface area contributed by atoms with E-state index in [0.29, 0.717) is 15.2 Å². The van der Waals surface area contributed by atoms with Gasteiger partial charge in [0, 0.05) is 16.0 Å². The van der Waals surface area contributed by atoms with E-state index < -0.39 is 12.0 Å². The monoisotopic (exact) mass is 334 g/mol. The first-order chi connectivity index (χ1) is 10.5. The second kappa shape index (κ2) is 5.55. The van der Waals surface area contributed by atoms with Crippen molar-refractivity contribution in [3.8, 4) is 11.1 Å². The van der Waals surface area contributed by atoms with Crippen LogP contribution in [0.5, 0.6) is 0 Å². The number of benzene rings is 1. The lowest BCUT2D eigenvalue weighted by Gasteiger charge is -2.10. The zero-order valence-electron chi connectivity index (χ0n) is 11.5. The van der Waals surface area contributed by atoms with Gasteiger partial charge in [-0.15, -0.1) is 11.3 Å². The maximum absolute atomic E-state index is 12.6. The molecule has 0 amide bonds. The number of carbonyl (C=O) groups is 1. The van der Waals surface area contributed by atoms with Crippen molar-refractivity contribution in [2.24, 2.45) is 0 Å². The van der Waals surface area contributed by atoms with Gasteiger partial charge in [-0.3, -0.25) is 9.36 Å². The topological polar surface area (TPSA) is 72.2 Å². The average Bonchev–Trinajstić information content (AvgIpc) is 2.92. The Labute approximate surface area is 134 Å². The van der Waals surface area contributed by atoms with E-state index in [9.17, 15) is 9.59 Å². The third-order valence-corrected chi connectivity index (χ3v) is 4.59. The van der Waals surface area contributed by atoms with Gasteiger partial charge in [0.05, 0.1) is 11.7 Å². The Morgan fingerprint density at radius 2 is 2.05 bits per heavy atom. The fourth-order valence-electron chi connectivity index (χ4n) is 2.18. The molecular formula is C15H11ClN2O3S. The first-order valence-corrected chi connectivity index (χ1v) is 7.72. The Kier molecular flexibility index (Phi) is 3.72. The van der Waals surface area contributed by atoms with Gasteiger partial charge in [0.25, 0.3) is 5.56 Å². The SMILES string of the molecule is CC(C(=O)O)n1cnc2scc(-c3ccc(Cl)cc3)c2c1=O. The van der Waals surface area contributed by atoms with Crippen LogP contribution in [0, 0.1) is 0 Å². The number of hydrogen-bond donors (Lipinski definition) is 1. The molecule has 0 radical (unpaired) electrons. The van der Waals surface area contributed by atoms with Gasteiger partial charge in [0.15, 0.2) is 0 Å². The Morgan fingerprint density at radius 1 is 1.36 bits per heavy atom. The highest BCUT2D eigenvalue weighted by molar-refractivity contribution is 7.17. The molecule has 0 aliphatic rings. The summed E-state index contributed by atoms with van der Waals surface area (Å²) in [5.74, 6) is -1.08. The maximum Gasteiger partial charge on any atom is 0.326 e. The zero-order chi connectivity index (χ0) is 15.9. The quantitative estimate of drug-likeness (QED) is 0.796. The van der Waals surface area contributed by atoms with Crippen LogP contribution in [-0.2, 0) is 4.79 Å². The van der Waals surface area contributed by atoms with E-state index in [2.05, 4.69) is 4.98 Å². The summed E-state index contributed by atoms with van der Waals surface area (Å²) in [7, 11) is 0. The molecule has 22 heavy (non-hydrogen) atoms. The molecule has 1 aromatic carbocycles. The van der Waals surface area contributed by atoms with Crippen LogP contribution in [0.4, 0.5) is 0 Å². The summed E-state index contributed by atoms with van der Waals surface area (Å²) in [6.45, 7) is 1.45. The third kappa shape index (κ3) is 2.40. The van der Waals surface area contributed by atoms with E-state index in [1.54, 1.807) is 12.1 Å². The Balaban J connectivity index is 2.25. The van der Waals surface area contributed by atoms with Crippen molar-refractivity contribution in [3.05, 3.63) is 51.3 Å². The van der Waals surface area contributed by atoms with Crippen LogP contribution in [0.3, 0.4) is 0 Å². The zero-order valence-corrected chi connectivity index (χ0v) is 13.1. The molecule has 5 nitrogen and oxygen atoms in total. The smallest absolute Gasteiger partial charge is 0.326 e. The molecule has 0 saturated carbocycles. The summed E-state index contributed by atoms with van der Waals surface area (Å²) < 4.78 is 1.14. The van der Waals surface area contributed by atoms with Gasteiger partial charge in [-0.05, 0) is 24.6 Å². The lowest BCUT2D eigenvalue weighted by molar-refractivity contribution is -0.140. The molecular weight excluding hydrogens is 324 g/mol. The number of thiophene rings is 1. The molecule has 3 rings (SSSR count). The Bertz CT molecular complexity index is 915. The summed E-state index contributed by atoms with van der Waals surface area (Å²) >= 11 is 7.23. The Morgan fingerprint density at radius 3 is 2.68 bits per heavy atom. The number of rotatable bonds is 3. The second-order valence-electron chi connectivity index (χ2n) is 4.81. The maximum atomic E-state index is 12.6. The van der Waals surface area contributed by atoms with E-state index in [-0.39, 0.29) is 5.56 Å². The number of halogens is 1. The summed E-state index contributed by atoms with van der Waals surface area (Å²) in [5, 5.41) is 12.0. The van der Waals surface area contributed by atoms with Gasteiger partial charge >= 0.3 is 5.97 Å². The molecule has 1 N–H and O–H groups in total. The summed E-state index contributed by atoms with van der Waals surface area (Å²) in [6.07, 6.45) is 1.28. The molecule has 1 unspecified atom stereocenters. The fraction of sp³-hybridized carbons (Fsp3) is 0.133. The van der Waals surface area contributed by atoms with E-state index in [4.69, 9.17) is 16.7 Å². The minimum atomic E-state index is -1.08. The highest BCUT2D eigenvalue weighted by Gasteiger charge is 2.19. The van der Waals surface area contributed by atoms with Crippen LogP contribution < -0.4 is 5.56 Å². The van der Waals surface area contributed by atoms with Crippen LogP contribution in [0.15, 0.2) is 40.8 Å². The number of carboxylic acids is 1. The van der Waals surface area contributed by atoms with Gasteiger partial charge in [-0.2, -0.15) is 0 Å². The second-order valence-corrected chi connectivity index (χ2v) is 6.10. The minimum absolute atomic E-state index is 0.355. The van der Waals surface area contributed by atoms with Gasteiger partial charge in [0.2, 0.25) is 0 Å². The molecule has 7 heteroatoms. The van der Waals surface area contributed by atoms with Crippen molar-refractivity contribution in [2.45, 2.75) is 13.0 Å². The predicted molar refractivity (Wildman–Crippen MR) is 86.7 cm³/mol. The first-order valence-electron chi connectivity index (χ1n) is 6.46. The molecule has 0 saturated heterocycles. The van der Waals surface area contributed by atoms with Crippen molar-refractivity contribution in [2.75, 3.05) is 0 Å². The van der Waals surface area contributed by atoms with Crippen LogP contribution >= 0.6 is 22.9 Å². The fourth-order valence-corrected chi connectivity index (χ4v) is 3.21. The lowest BCUT2D eigenvalue weighted by Crippen LogP contribution is -2.28. The molecule has 0 fully saturated rings. The molecule has 3 aromatic rings. The van der Waals surface area contributed by atoms with E-state index >= 15 is 0 Å². The standard InChI is InChI=1S/C15H11ClN2O3S/c1-8(15(20)21)18-7-17-13-12(14(18)19)11(6-22-13)9-2-4-10(16)5-3-9/h2-8H,1H3,(H,20,21). The van der Waals surface area contributed by atoms with Crippen molar-refractivity contribution in [3.63, 3.8) is 0 Å². The largest absolute Gasteiger partial charge is 0.480 e. The van der Waals surface area contributed by atoms with Crippen LogP contribution in [0.2, 0.25) is 5.02 Å². The number of carboxylic acid groups (broad SMARTS) is 1. The van der Waals surface area contributed by atoms with E-state index in [0.717, 1.165) is 15.7 Å². The summed E-state index contributed by atoms with van der Waals surface area (Å²) in [4.78, 5) is 28.5. The molecule has 1 atom stereocenters. The highest BCUT2D eigenvalue weighted by atomic mass is 35.5. The minimum Gasteiger partial charge on any atom is -0.480 e. The predicted octanol–water partition coefficient (Wildman–Crippen LogP) is 3.42. The molecule has 0 aliphatic carbocycles. The van der Waals surface area contributed by atoms with Gasteiger partial charge < -0.3 is 5.11 Å². The molecule has 0 bridgehead atoms. The number of hydrogen-bond acceptors (Lipinski definition) is 4. The van der Waals surface area contributed by atoms with Gasteiger partial charge in [-0.25, -0.2) is 9.78 Å². The number of nitrogens with zero attached hydrogens (tertiary/aromatic N) is 2. The average molecular weight is 335 g/mol. The molecule has 2 aromatic heterocycles. The van der Waals surface area contributed by atoms with Gasteiger partial charge in [-0.1, -0.05) is 23.7 Å². The van der Waals surface area contributed by atoms with Crippen molar-refractivity contribution in [1.82, 2.24) is 9.55 Å². The lowest BCUT2D eigenvalue weighted by atomic mass is 10.1. The molecule has 0 aliphatic heterocycles. The summed E-state index contributed by atoms with van der Waals surface area (Å²) in [6, 6.07) is 6.16. The van der Waals surface area contributed by atoms with Crippen LogP contribution in [-0.4, -0.2) is 20.6 Å².